The Labute approximate surface area is 111 Å². The molecule has 0 aromatic heterocycles. The number of rotatable bonds is 5. The van der Waals surface area contributed by atoms with Gasteiger partial charge < -0.3 is 5.11 Å². The van der Waals surface area contributed by atoms with Gasteiger partial charge in [0.2, 0.25) is 10.0 Å². The molecule has 0 saturated heterocycles. The zero-order valence-electron chi connectivity index (χ0n) is 9.15. The minimum Gasteiger partial charge on any atom is -0.392 e. The van der Waals surface area contributed by atoms with Gasteiger partial charge in [-0.25, -0.2) is 13.1 Å². The average molecular weight is 298 g/mol. The molecule has 0 aliphatic rings. The van der Waals surface area contributed by atoms with Gasteiger partial charge in [0, 0.05) is 6.54 Å². The first-order valence-corrected chi connectivity index (χ1v) is 7.24. The van der Waals surface area contributed by atoms with Gasteiger partial charge in [-0.15, -0.1) is 0 Å². The summed E-state index contributed by atoms with van der Waals surface area (Å²) in [6.07, 6.45) is -0.273. The van der Waals surface area contributed by atoms with Crippen molar-refractivity contribution in [3.05, 3.63) is 28.2 Å². The lowest BCUT2D eigenvalue weighted by Gasteiger charge is -2.12. The first-order valence-electron chi connectivity index (χ1n) is 5.00. The van der Waals surface area contributed by atoms with Crippen molar-refractivity contribution in [2.45, 2.75) is 24.3 Å². The molecule has 1 aromatic rings. The first-order chi connectivity index (χ1) is 7.88. The Bertz CT molecular complexity index is 470. The molecule has 2 N–H and O–H groups in total. The lowest BCUT2D eigenvalue weighted by molar-refractivity contribution is 0.174. The molecule has 7 heteroatoms. The van der Waals surface area contributed by atoms with E-state index in [0.717, 1.165) is 0 Å². The summed E-state index contributed by atoms with van der Waals surface area (Å²) >= 11 is 11.6. The molecule has 0 amide bonds. The molecule has 1 unspecified atom stereocenters. The number of aliphatic hydroxyl groups is 1. The van der Waals surface area contributed by atoms with Crippen molar-refractivity contribution in [3.8, 4) is 0 Å². The van der Waals surface area contributed by atoms with Gasteiger partial charge in [-0.3, -0.25) is 0 Å². The average Bonchev–Trinajstić information content (AvgIpc) is 2.25. The number of hydrogen-bond donors (Lipinski definition) is 2. The van der Waals surface area contributed by atoms with E-state index in [1.165, 1.54) is 12.1 Å². The van der Waals surface area contributed by atoms with Gasteiger partial charge in [0.15, 0.2) is 0 Å². The van der Waals surface area contributed by atoms with Crippen LogP contribution >= 0.6 is 23.2 Å². The van der Waals surface area contributed by atoms with Crippen LogP contribution in [0.25, 0.3) is 0 Å². The minimum atomic E-state index is -3.80. The van der Waals surface area contributed by atoms with Crippen LogP contribution in [0.3, 0.4) is 0 Å². The molecule has 4 nitrogen and oxygen atoms in total. The summed E-state index contributed by atoms with van der Waals surface area (Å²) in [6.45, 7) is 1.68. The van der Waals surface area contributed by atoms with Gasteiger partial charge in [0.1, 0.15) is 4.90 Å². The van der Waals surface area contributed by atoms with Gasteiger partial charge >= 0.3 is 0 Å². The van der Waals surface area contributed by atoms with Crippen molar-refractivity contribution < 1.29 is 13.5 Å². The second-order valence-electron chi connectivity index (χ2n) is 3.46. The fourth-order valence-corrected chi connectivity index (χ4v) is 3.37. The monoisotopic (exact) mass is 297 g/mol. The van der Waals surface area contributed by atoms with E-state index in [1.807, 2.05) is 0 Å². The van der Waals surface area contributed by atoms with Crippen LogP contribution in [0.4, 0.5) is 0 Å². The number of nitrogens with one attached hydrogen (secondary N) is 1. The molecule has 0 spiro atoms. The molecule has 1 rings (SSSR count). The van der Waals surface area contributed by atoms with Gasteiger partial charge in [0.05, 0.1) is 16.1 Å². The highest BCUT2D eigenvalue weighted by Crippen LogP contribution is 2.28. The predicted molar refractivity (Wildman–Crippen MR) is 67.9 cm³/mol. The molecule has 0 saturated carbocycles. The second kappa shape index (κ2) is 6.02. The van der Waals surface area contributed by atoms with E-state index in [-0.39, 0.29) is 21.5 Å². The summed E-state index contributed by atoms with van der Waals surface area (Å²) in [6, 6.07) is 4.45. The van der Waals surface area contributed by atoms with Crippen LogP contribution in [0.5, 0.6) is 0 Å². The maximum absolute atomic E-state index is 11.9. The summed E-state index contributed by atoms with van der Waals surface area (Å²) in [5.41, 5.74) is 0. The van der Waals surface area contributed by atoms with E-state index in [9.17, 15) is 13.5 Å². The molecule has 0 radical (unpaired) electrons. The van der Waals surface area contributed by atoms with Gasteiger partial charge in [-0.05, 0) is 18.6 Å². The molecule has 0 fully saturated rings. The maximum Gasteiger partial charge on any atom is 0.243 e. The molecule has 1 aromatic carbocycles. The van der Waals surface area contributed by atoms with Crippen molar-refractivity contribution in [2.24, 2.45) is 0 Å². The lowest BCUT2D eigenvalue weighted by Crippen LogP contribution is -2.32. The molecule has 1 atom stereocenters. The van der Waals surface area contributed by atoms with E-state index < -0.39 is 16.1 Å². The Hall–Kier alpha value is -0.330. The highest BCUT2D eigenvalue weighted by Gasteiger charge is 2.21. The van der Waals surface area contributed by atoms with Crippen molar-refractivity contribution in [1.82, 2.24) is 4.72 Å². The predicted octanol–water partition coefficient (Wildman–Crippen LogP) is 2.04. The van der Waals surface area contributed by atoms with Crippen LogP contribution in [-0.4, -0.2) is 26.2 Å². The zero-order valence-corrected chi connectivity index (χ0v) is 11.5. The SMILES string of the molecule is CCC(O)CNS(=O)(=O)c1c(Cl)cccc1Cl. The Balaban J connectivity index is 2.98. The Morgan fingerprint density at radius 3 is 2.35 bits per heavy atom. The van der Waals surface area contributed by atoms with Crippen LogP contribution in [0.15, 0.2) is 23.1 Å². The van der Waals surface area contributed by atoms with Gasteiger partial charge in [-0.2, -0.15) is 0 Å². The van der Waals surface area contributed by atoms with Crippen molar-refractivity contribution >= 4 is 33.2 Å². The molecule has 0 aliphatic carbocycles. The minimum absolute atomic E-state index is 0.0518. The largest absolute Gasteiger partial charge is 0.392 e. The standard InChI is InChI=1S/C10H13Cl2NO3S/c1-2-7(14)6-13-17(15,16)10-8(11)4-3-5-9(10)12/h3-5,7,13-14H,2,6H2,1H3. The summed E-state index contributed by atoms with van der Waals surface area (Å²) in [7, 11) is -3.80. The number of sulfonamides is 1. The third kappa shape index (κ3) is 3.82. The van der Waals surface area contributed by atoms with Crippen molar-refractivity contribution in [1.29, 1.82) is 0 Å². The Kier molecular flexibility index (Phi) is 5.22. The number of halogens is 2. The number of benzene rings is 1. The number of aliphatic hydroxyl groups excluding tert-OH is 1. The second-order valence-corrected chi connectivity index (χ2v) is 5.98. The van der Waals surface area contributed by atoms with E-state index in [2.05, 4.69) is 4.72 Å². The van der Waals surface area contributed by atoms with Crippen LogP contribution < -0.4 is 4.72 Å². The molecular formula is C10H13Cl2NO3S. The molecule has 0 heterocycles. The van der Waals surface area contributed by atoms with Gasteiger partial charge in [0.25, 0.3) is 0 Å². The zero-order chi connectivity index (χ0) is 13.1. The molecule has 0 bridgehead atoms. The molecule has 0 aliphatic heterocycles. The topological polar surface area (TPSA) is 66.4 Å². The fraction of sp³-hybridized carbons (Fsp3) is 0.400. The van der Waals surface area contributed by atoms with E-state index in [0.29, 0.717) is 6.42 Å². The first kappa shape index (κ1) is 14.7. The van der Waals surface area contributed by atoms with E-state index in [1.54, 1.807) is 13.0 Å². The lowest BCUT2D eigenvalue weighted by atomic mass is 10.3. The van der Waals surface area contributed by atoms with E-state index in [4.69, 9.17) is 23.2 Å². The number of hydrogen-bond acceptors (Lipinski definition) is 3. The highest BCUT2D eigenvalue weighted by atomic mass is 35.5. The fourth-order valence-electron chi connectivity index (χ4n) is 1.16. The molecule has 17 heavy (non-hydrogen) atoms. The Morgan fingerprint density at radius 1 is 1.35 bits per heavy atom. The summed E-state index contributed by atoms with van der Waals surface area (Å²) in [5.74, 6) is 0. The summed E-state index contributed by atoms with van der Waals surface area (Å²) in [5, 5.41) is 9.42. The van der Waals surface area contributed by atoms with Crippen molar-refractivity contribution in [2.75, 3.05) is 6.54 Å². The van der Waals surface area contributed by atoms with Crippen LogP contribution in [0.2, 0.25) is 10.0 Å². The molecule has 96 valence electrons. The smallest absolute Gasteiger partial charge is 0.243 e. The van der Waals surface area contributed by atoms with Crippen molar-refractivity contribution in [3.63, 3.8) is 0 Å². The van der Waals surface area contributed by atoms with Crippen LogP contribution in [0.1, 0.15) is 13.3 Å². The van der Waals surface area contributed by atoms with Crippen LogP contribution in [0, 0.1) is 0 Å². The Morgan fingerprint density at radius 2 is 1.88 bits per heavy atom. The van der Waals surface area contributed by atoms with Crippen LogP contribution in [-0.2, 0) is 10.0 Å². The summed E-state index contributed by atoms with van der Waals surface area (Å²) < 4.78 is 26.1. The quantitative estimate of drug-likeness (QED) is 0.874. The highest BCUT2D eigenvalue weighted by molar-refractivity contribution is 7.89. The van der Waals surface area contributed by atoms with E-state index >= 15 is 0 Å². The van der Waals surface area contributed by atoms with Gasteiger partial charge in [-0.1, -0.05) is 36.2 Å². The normalized spacial score (nSPS) is 13.6. The third-order valence-corrected chi connectivity index (χ3v) is 4.55. The maximum atomic E-state index is 11.9. The molecular weight excluding hydrogens is 285 g/mol. The third-order valence-electron chi connectivity index (χ3n) is 2.17. The summed E-state index contributed by atoms with van der Waals surface area (Å²) in [4.78, 5) is -0.161.